The van der Waals surface area contributed by atoms with Gasteiger partial charge in [-0.3, -0.25) is 4.90 Å². The van der Waals surface area contributed by atoms with Crippen molar-refractivity contribution >= 4 is 45.4 Å². The van der Waals surface area contributed by atoms with Crippen LogP contribution in [0.5, 0.6) is 0 Å². The van der Waals surface area contributed by atoms with Crippen molar-refractivity contribution in [2.75, 3.05) is 30.3 Å². The molecule has 6 aromatic rings. The highest BCUT2D eigenvalue weighted by molar-refractivity contribution is 6.01. The highest BCUT2D eigenvalue weighted by atomic mass is 16.6. The number of amides is 3. The number of para-hydroxylation sites is 1. The van der Waals surface area contributed by atoms with Crippen molar-refractivity contribution in [2.24, 2.45) is 0 Å². The van der Waals surface area contributed by atoms with Gasteiger partial charge in [-0.05, 0) is 47.5 Å². The van der Waals surface area contributed by atoms with Crippen molar-refractivity contribution in [3.8, 4) is 5.82 Å². The zero-order valence-electron chi connectivity index (χ0n) is 26.0. The number of hydrogen-bond donors (Lipinski definition) is 2. The van der Waals surface area contributed by atoms with Crippen LogP contribution in [0.15, 0.2) is 122 Å². The minimum Gasteiger partial charge on any atom is -0.445 e. The Morgan fingerprint density at radius 2 is 1.64 bits per heavy atom. The lowest BCUT2D eigenvalue weighted by Crippen LogP contribution is -2.61. The minimum atomic E-state index is -0.435. The number of nitrogens with one attached hydrogen (secondary N) is 2. The van der Waals surface area contributed by atoms with Gasteiger partial charge >= 0.3 is 12.1 Å². The molecule has 3 amide bonds. The van der Waals surface area contributed by atoms with E-state index < -0.39 is 12.1 Å². The van der Waals surface area contributed by atoms with Crippen molar-refractivity contribution in [1.82, 2.24) is 24.3 Å². The lowest BCUT2D eigenvalue weighted by Gasteiger charge is -2.43. The van der Waals surface area contributed by atoms with Gasteiger partial charge in [0.2, 0.25) is 5.95 Å². The molecule has 10 heteroatoms. The summed E-state index contributed by atoms with van der Waals surface area (Å²) in [5.74, 6) is 1.14. The van der Waals surface area contributed by atoms with Crippen LogP contribution < -0.4 is 10.6 Å². The van der Waals surface area contributed by atoms with Crippen LogP contribution in [-0.4, -0.2) is 68.2 Å². The Morgan fingerprint density at radius 3 is 2.51 bits per heavy atom. The summed E-state index contributed by atoms with van der Waals surface area (Å²) in [6.07, 6.45) is 3.26. The summed E-state index contributed by atoms with van der Waals surface area (Å²) in [7, 11) is 0. The number of urea groups is 1. The Hall–Kier alpha value is -5.90. The van der Waals surface area contributed by atoms with Gasteiger partial charge in [-0.25, -0.2) is 14.6 Å². The molecule has 2 N–H and O–H groups in total. The fraction of sp³-hybridized carbons (Fsp3) is 0.189. The van der Waals surface area contributed by atoms with Crippen LogP contribution in [-0.2, 0) is 11.3 Å². The molecule has 1 aliphatic heterocycles. The molecule has 2 aromatic heterocycles. The zero-order chi connectivity index (χ0) is 32.2. The lowest BCUT2D eigenvalue weighted by atomic mass is 10.1. The Labute approximate surface area is 272 Å². The minimum absolute atomic E-state index is 0.159. The molecule has 3 heterocycles. The number of nitrogens with zero attached hydrogens (tertiary/aromatic N) is 5. The molecule has 2 atom stereocenters. The number of carbonyl (C=O) groups excluding carboxylic acids is 2. The molecular formula is C37H35N7O3. The van der Waals surface area contributed by atoms with Gasteiger partial charge in [0.15, 0.2) is 0 Å². The number of piperazine rings is 1. The summed E-state index contributed by atoms with van der Waals surface area (Å²) >= 11 is 0. The Kier molecular flexibility index (Phi) is 8.38. The summed E-state index contributed by atoms with van der Waals surface area (Å²) in [5.41, 5.74) is 2.68. The fourth-order valence-electron chi connectivity index (χ4n) is 6.12. The Balaban J connectivity index is 1.11. The van der Waals surface area contributed by atoms with Crippen LogP contribution in [0.1, 0.15) is 12.5 Å². The van der Waals surface area contributed by atoms with Gasteiger partial charge in [0, 0.05) is 43.5 Å². The van der Waals surface area contributed by atoms with Crippen molar-refractivity contribution in [3.05, 3.63) is 127 Å². The summed E-state index contributed by atoms with van der Waals surface area (Å²) in [6.45, 7) is 3.07. The molecule has 0 radical (unpaired) electrons. The van der Waals surface area contributed by atoms with Gasteiger partial charge in [-0.15, -0.1) is 0 Å². The number of carbonyl (C=O) groups is 2. The smallest absolute Gasteiger partial charge is 0.410 e. The number of benzene rings is 4. The van der Waals surface area contributed by atoms with Gasteiger partial charge in [-0.2, -0.15) is 4.98 Å². The molecule has 2 unspecified atom stereocenters. The molecule has 1 aliphatic rings. The van der Waals surface area contributed by atoms with Gasteiger partial charge in [-0.1, -0.05) is 84.9 Å². The number of rotatable bonds is 7. The van der Waals surface area contributed by atoms with E-state index in [0.29, 0.717) is 19.0 Å². The van der Waals surface area contributed by atoms with Crippen molar-refractivity contribution in [3.63, 3.8) is 0 Å². The largest absolute Gasteiger partial charge is 0.445 e. The number of ether oxygens (including phenoxy) is 1. The molecule has 1 saturated heterocycles. The standard InChI is InChI=1S/C37H35N7O3/c1-26(39-35-38-20-18-34(41-35)43-21-19-29-13-6-8-17-32(29)43)33-24-42(22-23-44(33)37(46)47-25-27-10-3-2-4-11-27)36(45)40-31-16-9-14-28-12-5-7-15-30(28)31/h2-21,26,33H,22-25H2,1H3,(H,40,45)(H,38,39,41). The molecule has 236 valence electrons. The molecule has 1 fully saturated rings. The third-order valence-corrected chi connectivity index (χ3v) is 8.60. The van der Waals surface area contributed by atoms with Gasteiger partial charge in [0.05, 0.1) is 17.2 Å². The van der Waals surface area contributed by atoms with Crippen LogP contribution in [0.25, 0.3) is 27.5 Å². The van der Waals surface area contributed by atoms with Crippen molar-refractivity contribution < 1.29 is 14.3 Å². The highest BCUT2D eigenvalue weighted by Crippen LogP contribution is 2.25. The lowest BCUT2D eigenvalue weighted by molar-refractivity contribution is 0.0484. The first-order valence-electron chi connectivity index (χ1n) is 15.7. The molecule has 0 saturated carbocycles. The molecule has 0 spiro atoms. The maximum atomic E-state index is 13.6. The topological polar surface area (TPSA) is 105 Å². The van der Waals surface area contributed by atoms with Crippen LogP contribution in [0.4, 0.5) is 21.2 Å². The monoisotopic (exact) mass is 625 g/mol. The van der Waals surface area contributed by atoms with Gasteiger partial charge in [0.25, 0.3) is 0 Å². The van der Waals surface area contributed by atoms with E-state index in [-0.39, 0.29) is 25.2 Å². The van der Waals surface area contributed by atoms with Crippen molar-refractivity contribution in [1.29, 1.82) is 0 Å². The summed E-state index contributed by atoms with van der Waals surface area (Å²) in [4.78, 5) is 39.9. The third-order valence-electron chi connectivity index (χ3n) is 8.60. The van der Waals surface area contributed by atoms with Gasteiger partial charge in [0.1, 0.15) is 12.4 Å². The van der Waals surface area contributed by atoms with E-state index in [9.17, 15) is 9.59 Å². The first kappa shape index (κ1) is 29.8. The molecule has 0 aliphatic carbocycles. The predicted octanol–water partition coefficient (Wildman–Crippen LogP) is 6.93. The number of hydrogen-bond acceptors (Lipinski definition) is 6. The van der Waals surface area contributed by atoms with Crippen LogP contribution in [0.3, 0.4) is 0 Å². The van der Waals surface area contributed by atoms with E-state index >= 15 is 0 Å². The fourth-order valence-corrected chi connectivity index (χ4v) is 6.12. The Bertz CT molecular complexity index is 2020. The van der Waals surface area contributed by atoms with E-state index in [1.54, 1.807) is 16.0 Å². The average molecular weight is 626 g/mol. The van der Waals surface area contributed by atoms with Gasteiger partial charge < -0.3 is 24.8 Å². The molecule has 10 nitrogen and oxygen atoms in total. The molecule has 47 heavy (non-hydrogen) atoms. The second-order valence-electron chi connectivity index (χ2n) is 11.6. The van der Waals surface area contributed by atoms with E-state index in [0.717, 1.165) is 38.7 Å². The second-order valence-corrected chi connectivity index (χ2v) is 11.6. The molecular weight excluding hydrogens is 590 g/mol. The van der Waals surface area contributed by atoms with Crippen LogP contribution in [0.2, 0.25) is 0 Å². The highest BCUT2D eigenvalue weighted by Gasteiger charge is 2.37. The first-order valence-corrected chi connectivity index (χ1v) is 15.7. The molecule has 4 aromatic carbocycles. The number of aromatic nitrogens is 3. The van der Waals surface area contributed by atoms with Crippen LogP contribution in [0, 0.1) is 0 Å². The third kappa shape index (κ3) is 6.44. The van der Waals surface area contributed by atoms with E-state index in [1.807, 2.05) is 121 Å². The normalized spacial score (nSPS) is 15.4. The maximum Gasteiger partial charge on any atom is 0.410 e. The second kappa shape index (κ2) is 13.2. The zero-order valence-corrected chi connectivity index (χ0v) is 26.0. The summed E-state index contributed by atoms with van der Waals surface area (Å²) in [6, 6.07) is 34.4. The average Bonchev–Trinajstić information content (AvgIpc) is 3.55. The summed E-state index contributed by atoms with van der Waals surface area (Å²) in [5, 5.41) is 9.63. The van der Waals surface area contributed by atoms with E-state index in [1.165, 1.54) is 0 Å². The van der Waals surface area contributed by atoms with E-state index in [4.69, 9.17) is 9.72 Å². The number of anilines is 2. The summed E-state index contributed by atoms with van der Waals surface area (Å²) < 4.78 is 7.77. The first-order chi connectivity index (χ1) is 23.0. The Morgan fingerprint density at radius 1 is 0.872 bits per heavy atom. The quantitative estimate of drug-likeness (QED) is 0.199. The molecule has 7 rings (SSSR count). The molecule has 0 bridgehead atoms. The number of fused-ring (bicyclic) bond motifs is 2. The SMILES string of the molecule is CC(Nc1nccc(-n2ccc3ccccc32)n1)C1CN(C(=O)Nc2cccc3ccccc23)CCN1C(=O)OCc1ccccc1. The van der Waals surface area contributed by atoms with Crippen LogP contribution >= 0.6 is 0 Å². The van der Waals surface area contributed by atoms with E-state index in [2.05, 4.69) is 21.7 Å². The predicted molar refractivity (Wildman–Crippen MR) is 184 cm³/mol. The van der Waals surface area contributed by atoms with Crippen molar-refractivity contribution in [2.45, 2.75) is 25.6 Å². The maximum absolute atomic E-state index is 13.6.